The van der Waals surface area contributed by atoms with Crippen molar-refractivity contribution in [3.63, 3.8) is 0 Å². The van der Waals surface area contributed by atoms with Crippen molar-refractivity contribution >= 4 is 11.9 Å². The van der Waals surface area contributed by atoms with Gasteiger partial charge in [-0.25, -0.2) is 4.79 Å². The van der Waals surface area contributed by atoms with Crippen LogP contribution in [0.2, 0.25) is 0 Å². The number of hydrogen-bond acceptors (Lipinski definition) is 2. The van der Waals surface area contributed by atoms with Crippen LogP contribution in [-0.2, 0) is 11.2 Å². The third-order valence-electron chi connectivity index (χ3n) is 2.92. The molecule has 1 aromatic rings. The number of hydrogen-bond donors (Lipinski definition) is 1. The lowest BCUT2D eigenvalue weighted by molar-refractivity contribution is -0.126. The van der Waals surface area contributed by atoms with Crippen LogP contribution in [0.1, 0.15) is 11.1 Å². The number of carbonyl (C=O) groups excluding carboxylic acids is 2. The topological polar surface area (TPSA) is 49.4 Å². The number of imide groups is 1. The molecule has 0 bridgehead atoms. The van der Waals surface area contributed by atoms with E-state index in [9.17, 15) is 9.59 Å². The van der Waals surface area contributed by atoms with Gasteiger partial charge in [-0.2, -0.15) is 0 Å². The first-order chi connectivity index (χ1) is 7.59. The van der Waals surface area contributed by atoms with E-state index in [1.807, 2.05) is 31.2 Å². The number of benzene rings is 1. The molecule has 0 radical (unpaired) electrons. The number of rotatable bonds is 2. The lowest BCUT2D eigenvalue weighted by Gasteiger charge is -2.10. The molecule has 16 heavy (non-hydrogen) atoms. The normalized spacial score (nSPS) is 20.1. The monoisotopic (exact) mass is 218 g/mol. The number of urea groups is 1. The molecule has 0 aliphatic carbocycles. The maximum Gasteiger partial charge on any atom is 0.324 e. The number of aryl methyl sites for hydroxylation is 1. The smallest absolute Gasteiger partial charge is 0.324 e. The maximum absolute atomic E-state index is 11.7. The molecule has 1 aromatic carbocycles. The van der Waals surface area contributed by atoms with Crippen molar-refractivity contribution in [2.45, 2.75) is 19.4 Å². The highest BCUT2D eigenvalue weighted by atomic mass is 16.2. The lowest BCUT2D eigenvalue weighted by Crippen LogP contribution is -2.31. The standard InChI is InChI=1S/C12H14N2O2/c1-8-5-3-4-6-9(8)7-10-11(15)14(2)12(16)13-10/h3-6,10H,7H2,1-2H3,(H,13,16). The number of carbonyl (C=O) groups is 2. The van der Waals surface area contributed by atoms with Crippen molar-refractivity contribution in [1.82, 2.24) is 10.2 Å². The van der Waals surface area contributed by atoms with E-state index in [-0.39, 0.29) is 11.9 Å². The minimum Gasteiger partial charge on any atom is -0.325 e. The summed E-state index contributed by atoms with van der Waals surface area (Å²) in [5.74, 6) is -0.159. The largest absolute Gasteiger partial charge is 0.325 e. The fraction of sp³-hybridized carbons (Fsp3) is 0.333. The quantitative estimate of drug-likeness (QED) is 0.755. The Morgan fingerprint density at radius 2 is 2.00 bits per heavy atom. The molecule has 1 aliphatic heterocycles. The average Bonchev–Trinajstić information content (AvgIpc) is 2.50. The van der Waals surface area contributed by atoms with Crippen LogP contribution < -0.4 is 5.32 Å². The fourth-order valence-corrected chi connectivity index (χ4v) is 1.84. The van der Waals surface area contributed by atoms with Crippen molar-refractivity contribution in [2.24, 2.45) is 0 Å². The van der Waals surface area contributed by atoms with Crippen molar-refractivity contribution < 1.29 is 9.59 Å². The van der Waals surface area contributed by atoms with Crippen molar-refractivity contribution in [1.29, 1.82) is 0 Å². The lowest BCUT2D eigenvalue weighted by atomic mass is 10.0. The Morgan fingerprint density at radius 1 is 1.31 bits per heavy atom. The molecular formula is C12H14N2O2. The van der Waals surface area contributed by atoms with E-state index in [1.54, 1.807) is 0 Å². The van der Waals surface area contributed by atoms with Gasteiger partial charge in [0.05, 0.1) is 0 Å². The van der Waals surface area contributed by atoms with E-state index < -0.39 is 6.04 Å². The second-order valence-corrected chi connectivity index (χ2v) is 4.03. The predicted octanol–water partition coefficient (Wildman–Crippen LogP) is 1.09. The van der Waals surface area contributed by atoms with Crippen LogP contribution in [-0.4, -0.2) is 29.9 Å². The van der Waals surface area contributed by atoms with Crippen LogP contribution in [0.5, 0.6) is 0 Å². The molecule has 0 spiro atoms. The summed E-state index contributed by atoms with van der Waals surface area (Å²) in [6, 6.07) is 7.14. The van der Waals surface area contributed by atoms with Gasteiger partial charge < -0.3 is 5.32 Å². The van der Waals surface area contributed by atoms with Crippen molar-refractivity contribution in [3.8, 4) is 0 Å². The van der Waals surface area contributed by atoms with Crippen LogP contribution in [0.4, 0.5) is 4.79 Å². The van der Waals surface area contributed by atoms with Crippen LogP contribution in [0.25, 0.3) is 0 Å². The molecule has 84 valence electrons. The molecule has 1 fully saturated rings. The molecule has 1 N–H and O–H groups in total. The van der Waals surface area contributed by atoms with Gasteiger partial charge in [-0.15, -0.1) is 0 Å². The molecule has 1 aliphatic rings. The molecule has 1 unspecified atom stereocenters. The molecule has 4 nitrogen and oxygen atoms in total. The molecular weight excluding hydrogens is 204 g/mol. The minimum absolute atomic E-state index is 0.159. The van der Waals surface area contributed by atoms with Gasteiger partial charge in [0.1, 0.15) is 6.04 Å². The first-order valence-electron chi connectivity index (χ1n) is 5.22. The molecule has 0 saturated carbocycles. The van der Waals surface area contributed by atoms with Gasteiger partial charge in [-0.3, -0.25) is 9.69 Å². The first-order valence-corrected chi connectivity index (χ1v) is 5.22. The van der Waals surface area contributed by atoms with Crippen molar-refractivity contribution in [2.75, 3.05) is 7.05 Å². The third kappa shape index (κ3) is 1.78. The third-order valence-corrected chi connectivity index (χ3v) is 2.92. The van der Waals surface area contributed by atoms with Crippen LogP contribution in [0, 0.1) is 6.92 Å². The summed E-state index contributed by atoms with van der Waals surface area (Å²) in [6.45, 7) is 2.00. The molecule has 2 rings (SSSR count). The highest BCUT2D eigenvalue weighted by molar-refractivity contribution is 6.03. The Bertz CT molecular complexity index is 442. The Labute approximate surface area is 94.2 Å². The summed E-state index contributed by atoms with van der Waals surface area (Å²) >= 11 is 0. The average molecular weight is 218 g/mol. The summed E-state index contributed by atoms with van der Waals surface area (Å²) in [6.07, 6.45) is 0.557. The van der Waals surface area contributed by atoms with Gasteiger partial charge in [-0.05, 0) is 18.1 Å². The second-order valence-electron chi connectivity index (χ2n) is 4.03. The van der Waals surface area contributed by atoms with Crippen LogP contribution in [0.15, 0.2) is 24.3 Å². The molecule has 0 aromatic heterocycles. The summed E-state index contributed by atoms with van der Waals surface area (Å²) in [7, 11) is 1.50. The Hall–Kier alpha value is -1.84. The highest BCUT2D eigenvalue weighted by Gasteiger charge is 2.35. The van der Waals surface area contributed by atoms with E-state index in [0.29, 0.717) is 6.42 Å². The van der Waals surface area contributed by atoms with E-state index in [0.717, 1.165) is 16.0 Å². The van der Waals surface area contributed by atoms with Crippen molar-refractivity contribution in [3.05, 3.63) is 35.4 Å². The van der Waals surface area contributed by atoms with Gasteiger partial charge >= 0.3 is 6.03 Å². The van der Waals surface area contributed by atoms with Crippen LogP contribution >= 0.6 is 0 Å². The summed E-state index contributed by atoms with van der Waals surface area (Å²) in [4.78, 5) is 24.1. The predicted molar refractivity (Wildman–Crippen MR) is 60.0 cm³/mol. The number of likely N-dealkylation sites (N-methyl/N-ethyl adjacent to an activating group) is 1. The van der Waals surface area contributed by atoms with E-state index in [2.05, 4.69) is 5.32 Å². The molecule has 3 amide bonds. The molecule has 1 heterocycles. The van der Waals surface area contributed by atoms with Crippen LogP contribution in [0.3, 0.4) is 0 Å². The number of nitrogens with one attached hydrogen (secondary N) is 1. The van der Waals surface area contributed by atoms with E-state index in [1.165, 1.54) is 7.05 Å². The summed E-state index contributed by atoms with van der Waals surface area (Å²) in [5.41, 5.74) is 2.23. The zero-order valence-electron chi connectivity index (χ0n) is 9.36. The molecule has 1 saturated heterocycles. The van der Waals surface area contributed by atoms with E-state index >= 15 is 0 Å². The molecule has 4 heteroatoms. The zero-order valence-corrected chi connectivity index (χ0v) is 9.36. The van der Waals surface area contributed by atoms with Gasteiger partial charge in [-0.1, -0.05) is 24.3 Å². The van der Waals surface area contributed by atoms with Gasteiger partial charge in [0.25, 0.3) is 5.91 Å². The minimum atomic E-state index is -0.418. The van der Waals surface area contributed by atoms with Gasteiger partial charge in [0.2, 0.25) is 0 Å². The highest BCUT2D eigenvalue weighted by Crippen LogP contribution is 2.13. The maximum atomic E-state index is 11.7. The van der Waals surface area contributed by atoms with Gasteiger partial charge in [0, 0.05) is 13.5 Å². The molecule has 1 atom stereocenters. The number of nitrogens with zero attached hydrogens (tertiary/aromatic N) is 1. The second kappa shape index (κ2) is 3.96. The number of amides is 3. The zero-order chi connectivity index (χ0) is 11.7. The Kier molecular flexibility index (Phi) is 2.64. The van der Waals surface area contributed by atoms with E-state index in [4.69, 9.17) is 0 Å². The Morgan fingerprint density at radius 3 is 2.56 bits per heavy atom. The SMILES string of the molecule is Cc1ccccc1CC1NC(=O)N(C)C1=O. The summed E-state index contributed by atoms with van der Waals surface area (Å²) in [5, 5.41) is 2.67. The Balaban J connectivity index is 2.15. The fourth-order valence-electron chi connectivity index (χ4n) is 1.84. The summed E-state index contributed by atoms with van der Waals surface area (Å²) < 4.78 is 0. The first kappa shape index (κ1) is 10.7. The van der Waals surface area contributed by atoms with Gasteiger partial charge in [0.15, 0.2) is 0 Å².